The largest absolute Gasteiger partial charge is 0.389 e. The molecule has 0 aromatic carbocycles. The van der Waals surface area contributed by atoms with E-state index in [1.807, 2.05) is 24.9 Å². The number of ether oxygens (including phenoxy) is 1. The Bertz CT molecular complexity index is 705. The summed E-state index contributed by atoms with van der Waals surface area (Å²) >= 11 is 1.89. The summed E-state index contributed by atoms with van der Waals surface area (Å²) in [5, 5.41) is 10.8. The van der Waals surface area contributed by atoms with Gasteiger partial charge in [-0.3, -0.25) is 4.90 Å². The van der Waals surface area contributed by atoms with Gasteiger partial charge in [-0.05, 0) is 19.1 Å². The lowest BCUT2D eigenvalue weighted by molar-refractivity contribution is 0.0295. The summed E-state index contributed by atoms with van der Waals surface area (Å²) < 4.78 is 5.07. The van der Waals surface area contributed by atoms with Crippen LogP contribution in [-0.2, 0) is 11.3 Å². The fraction of sp³-hybridized carbons (Fsp3) is 0.647. The van der Waals surface area contributed by atoms with Gasteiger partial charge in [0, 0.05) is 50.2 Å². The van der Waals surface area contributed by atoms with Crippen molar-refractivity contribution in [2.24, 2.45) is 5.92 Å². The van der Waals surface area contributed by atoms with Gasteiger partial charge in [-0.2, -0.15) is 11.8 Å². The van der Waals surface area contributed by atoms with E-state index < -0.39 is 5.60 Å². The minimum Gasteiger partial charge on any atom is -0.389 e. The maximum atomic E-state index is 10.8. The summed E-state index contributed by atoms with van der Waals surface area (Å²) in [7, 11) is 1.73. The van der Waals surface area contributed by atoms with E-state index in [0.29, 0.717) is 12.4 Å². The number of anilines is 1. The number of methoxy groups -OCH3 is 1. The lowest BCUT2D eigenvalue weighted by atomic mass is 9.91. The third-order valence-electron chi connectivity index (χ3n) is 4.91. The zero-order valence-electron chi connectivity index (χ0n) is 14.9. The molecule has 138 valence electrons. The fourth-order valence-electron chi connectivity index (χ4n) is 3.52. The zero-order chi connectivity index (χ0) is 17.9. The number of β-amino-alcohol motifs (C(OH)–C–C–N with tert-alkyl or cyclic N) is 1. The summed E-state index contributed by atoms with van der Waals surface area (Å²) in [6.45, 7) is 5.05. The van der Waals surface area contributed by atoms with Gasteiger partial charge in [-0.15, -0.1) is 0 Å². The minimum absolute atomic E-state index is 0.285. The molecule has 2 aromatic rings. The molecule has 7 nitrogen and oxygen atoms in total. The number of hydrogen-bond donors (Lipinski definition) is 3. The number of aromatic amines is 1. The van der Waals surface area contributed by atoms with Gasteiger partial charge in [-0.1, -0.05) is 0 Å². The van der Waals surface area contributed by atoms with Crippen LogP contribution in [0.15, 0.2) is 12.5 Å². The van der Waals surface area contributed by atoms with Crippen LogP contribution in [0, 0.1) is 5.92 Å². The van der Waals surface area contributed by atoms with Crippen LogP contribution in [0.25, 0.3) is 11.0 Å². The van der Waals surface area contributed by atoms with Crippen molar-refractivity contribution in [2.75, 3.05) is 44.0 Å². The summed E-state index contributed by atoms with van der Waals surface area (Å²) in [4.78, 5) is 13.8. The third kappa shape index (κ3) is 4.25. The average molecular weight is 366 g/mol. The lowest BCUT2D eigenvalue weighted by Crippen LogP contribution is -2.34. The summed E-state index contributed by atoms with van der Waals surface area (Å²) in [6.07, 6.45) is 4.45. The molecule has 25 heavy (non-hydrogen) atoms. The first-order chi connectivity index (χ1) is 12.0. The smallest absolute Gasteiger partial charge is 0.151 e. The molecular formula is C17H27N5O2S. The molecule has 2 unspecified atom stereocenters. The van der Waals surface area contributed by atoms with E-state index >= 15 is 0 Å². The van der Waals surface area contributed by atoms with Gasteiger partial charge in [0.25, 0.3) is 0 Å². The molecule has 0 bridgehead atoms. The number of nitrogens with two attached hydrogens (primary N) is 1. The molecule has 8 heteroatoms. The molecule has 2 aromatic heterocycles. The predicted octanol–water partition coefficient (Wildman–Crippen LogP) is 1.49. The number of H-pyrrole nitrogens is 1. The van der Waals surface area contributed by atoms with Crippen LogP contribution in [-0.4, -0.2) is 68.9 Å². The number of aromatic nitrogens is 3. The number of nitrogens with one attached hydrogen (secondary N) is 1. The Morgan fingerprint density at radius 1 is 1.48 bits per heavy atom. The number of nitrogen functional groups attached to an aromatic ring is 1. The Balaban J connectivity index is 1.59. The van der Waals surface area contributed by atoms with E-state index in [4.69, 9.17) is 10.5 Å². The second kappa shape index (κ2) is 7.90. The summed E-state index contributed by atoms with van der Waals surface area (Å²) in [5.74, 6) is 2.81. The Morgan fingerprint density at radius 3 is 3.12 bits per heavy atom. The highest BCUT2D eigenvalue weighted by atomic mass is 32.2. The summed E-state index contributed by atoms with van der Waals surface area (Å²) in [6, 6.07) is 0. The quantitative estimate of drug-likeness (QED) is 0.609. The Labute approximate surface area is 152 Å². The highest BCUT2D eigenvalue weighted by molar-refractivity contribution is 7.99. The molecule has 1 aliphatic rings. The number of aliphatic hydroxyl groups is 1. The van der Waals surface area contributed by atoms with E-state index in [0.717, 1.165) is 54.2 Å². The molecule has 1 fully saturated rings. The molecule has 2 atom stereocenters. The van der Waals surface area contributed by atoms with Crippen LogP contribution < -0.4 is 5.73 Å². The first-order valence-electron chi connectivity index (χ1n) is 8.59. The number of hydrogen-bond acceptors (Lipinski definition) is 7. The number of thioether (sulfide) groups is 1. The van der Waals surface area contributed by atoms with Crippen molar-refractivity contribution in [2.45, 2.75) is 25.5 Å². The van der Waals surface area contributed by atoms with Gasteiger partial charge in [0.1, 0.15) is 11.8 Å². The molecule has 3 heterocycles. The van der Waals surface area contributed by atoms with Gasteiger partial charge in [0.05, 0.1) is 17.7 Å². The van der Waals surface area contributed by atoms with Crippen molar-refractivity contribution in [1.82, 2.24) is 19.9 Å². The number of likely N-dealkylation sites (tertiary alicyclic amines) is 1. The van der Waals surface area contributed by atoms with Crippen molar-refractivity contribution >= 4 is 28.6 Å². The van der Waals surface area contributed by atoms with Crippen LogP contribution in [0.1, 0.15) is 18.9 Å². The topological polar surface area (TPSA) is 100 Å². The van der Waals surface area contributed by atoms with Crippen molar-refractivity contribution in [1.29, 1.82) is 0 Å². The normalized spacial score (nSPS) is 24.4. The van der Waals surface area contributed by atoms with Gasteiger partial charge in [0.2, 0.25) is 0 Å². The van der Waals surface area contributed by atoms with Crippen LogP contribution in [0.3, 0.4) is 0 Å². The summed E-state index contributed by atoms with van der Waals surface area (Å²) in [5.41, 5.74) is 7.98. The predicted molar refractivity (Wildman–Crippen MR) is 102 cm³/mol. The fourth-order valence-corrected chi connectivity index (χ4v) is 4.46. The van der Waals surface area contributed by atoms with E-state index in [-0.39, 0.29) is 5.92 Å². The standard InChI is InChI=1S/C17H27N5O2S/c1-17(23)10-22(9-13(17)3-5-25-6-4-24-2)8-12-7-19-15-14(12)20-11-21-16(15)18/h7,11,13,19,23H,3-6,8-10H2,1-2H3,(H2,18,20,21). The van der Waals surface area contributed by atoms with Crippen molar-refractivity contribution in [3.05, 3.63) is 18.1 Å². The van der Waals surface area contributed by atoms with E-state index in [2.05, 4.69) is 19.9 Å². The van der Waals surface area contributed by atoms with Crippen LogP contribution in [0.4, 0.5) is 5.82 Å². The molecule has 0 radical (unpaired) electrons. The maximum absolute atomic E-state index is 10.8. The average Bonchev–Trinajstić information content (AvgIpc) is 3.09. The van der Waals surface area contributed by atoms with Crippen molar-refractivity contribution in [3.8, 4) is 0 Å². The Kier molecular flexibility index (Phi) is 5.83. The van der Waals surface area contributed by atoms with Gasteiger partial charge in [0.15, 0.2) is 5.82 Å². The second-order valence-corrected chi connectivity index (χ2v) is 8.14. The van der Waals surface area contributed by atoms with Crippen molar-refractivity contribution in [3.63, 3.8) is 0 Å². The molecule has 1 aliphatic heterocycles. The lowest BCUT2D eigenvalue weighted by Gasteiger charge is -2.24. The van der Waals surface area contributed by atoms with Crippen LogP contribution in [0.2, 0.25) is 0 Å². The Morgan fingerprint density at radius 2 is 2.32 bits per heavy atom. The molecule has 3 rings (SSSR count). The second-order valence-electron chi connectivity index (χ2n) is 6.91. The third-order valence-corrected chi connectivity index (χ3v) is 5.89. The first kappa shape index (κ1) is 18.4. The number of rotatable bonds is 8. The van der Waals surface area contributed by atoms with E-state index in [1.165, 1.54) is 6.33 Å². The monoisotopic (exact) mass is 365 g/mol. The van der Waals surface area contributed by atoms with Crippen LogP contribution in [0.5, 0.6) is 0 Å². The Hall–Kier alpha value is -1.35. The first-order valence-corrected chi connectivity index (χ1v) is 9.74. The number of fused-ring (bicyclic) bond motifs is 1. The molecule has 0 saturated carbocycles. The molecule has 0 aliphatic carbocycles. The molecule has 1 saturated heterocycles. The maximum Gasteiger partial charge on any atom is 0.151 e. The molecule has 0 spiro atoms. The van der Waals surface area contributed by atoms with Crippen molar-refractivity contribution < 1.29 is 9.84 Å². The zero-order valence-corrected chi connectivity index (χ0v) is 15.7. The highest BCUT2D eigenvalue weighted by Crippen LogP contribution is 2.32. The highest BCUT2D eigenvalue weighted by Gasteiger charge is 2.40. The van der Waals surface area contributed by atoms with Gasteiger partial charge in [-0.25, -0.2) is 9.97 Å². The van der Waals surface area contributed by atoms with Gasteiger partial charge >= 0.3 is 0 Å². The van der Waals surface area contributed by atoms with Crippen LogP contribution >= 0.6 is 11.8 Å². The SMILES string of the molecule is COCCSCCC1CN(Cc2c[nH]c3c(N)ncnc23)CC1(C)O. The van der Waals surface area contributed by atoms with E-state index in [9.17, 15) is 5.11 Å². The minimum atomic E-state index is -0.651. The van der Waals surface area contributed by atoms with Gasteiger partial charge < -0.3 is 20.6 Å². The molecule has 4 N–H and O–H groups in total. The van der Waals surface area contributed by atoms with E-state index in [1.54, 1.807) is 7.11 Å². The molecular weight excluding hydrogens is 338 g/mol. The molecule has 0 amide bonds. The number of nitrogens with zero attached hydrogens (tertiary/aromatic N) is 3.